The van der Waals surface area contributed by atoms with Gasteiger partial charge < -0.3 is 15.7 Å². The molecule has 0 radical (unpaired) electrons. The molecule has 0 aliphatic heterocycles. The molecule has 4 nitrogen and oxygen atoms in total. The molecular weight excluding hydrogens is 272 g/mol. The Morgan fingerprint density at radius 1 is 1.56 bits per heavy atom. The molecule has 1 atom stereocenters. The Labute approximate surface area is 103 Å². The van der Waals surface area contributed by atoms with Gasteiger partial charge in [-0.1, -0.05) is 12.1 Å². The van der Waals surface area contributed by atoms with Crippen LogP contribution in [-0.4, -0.2) is 24.1 Å². The molecule has 0 spiro atoms. The van der Waals surface area contributed by atoms with Crippen molar-refractivity contribution in [2.75, 3.05) is 7.05 Å². The second kappa shape index (κ2) is 5.86. The maximum Gasteiger partial charge on any atom is 0.236 e. The predicted octanol–water partition coefficient (Wildman–Crippen LogP) is 1.38. The number of carbonyl (C=O) groups is 1. The van der Waals surface area contributed by atoms with E-state index in [1.165, 1.54) is 0 Å². The number of amides is 1. The fourth-order valence-corrected chi connectivity index (χ4v) is 1.68. The maximum atomic E-state index is 11.2. The molecule has 1 unspecified atom stereocenters. The van der Waals surface area contributed by atoms with E-state index in [0.717, 1.165) is 5.56 Å². The minimum atomic E-state index is -0.289. The number of likely N-dealkylation sites (N-methyl/N-ethyl adjacent to an activating group) is 1. The molecule has 3 N–H and O–H groups in total. The quantitative estimate of drug-likeness (QED) is 0.784. The fourth-order valence-electron chi connectivity index (χ4n) is 1.27. The fraction of sp³-hybridized carbons (Fsp3) is 0.364. The van der Waals surface area contributed by atoms with E-state index in [1.807, 2.05) is 12.1 Å². The molecule has 0 fully saturated rings. The van der Waals surface area contributed by atoms with Gasteiger partial charge in [-0.25, -0.2) is 0 Å². The number of hydrogen-bond acceptors (Lipinski definition) is 3. The molecule has 0 aliphatic carbocycles. The monoisotopic (exact) mass is 286 g/mol. The highest BCUT2D eigenvalue weighted by molar-refractivity contribution is 9.10. The number of aromatic hydroxyl groups is 1. The first kappa shape index (κ1) is 13.0. The highest BCUT2D eigenvalue weighted by atomic mass is 79.9. The number of rotatable bonds is 4. The Bertz CT molecular complexity index is 382. The normalized spacial score (nSPS) is 12.2. The van der Waals surface area contributed by atoms with Crippen molar-refractivity contribution in [3.8, 4) is 5.75 Å². The second-order valence-corrected chi connectivity index (χ2v) is 4.32. The van der Waals surface area contributed by atoms with E-state index >= 15 is 0 Å². The number of hydrogen-bond donors (Lipinski definition) is 3. The van der Waals surface area contributed by atoms with Crippen LogP contribution in [-0.2, 0) is 11.3 Å². The standard InChI is InChI=1S/C11H15BrN2O2/c1-7(11(16)13-2)14-6-8-4-3-5-9(12)10(8)15/h3-5,7,14-15H,6H2,1-2H3,(H,13,16). The van der Waals surface area contributed by atoms with Crippen LogP contribution < -0.4 is 10.6 Å². The van der Waals surface area contributed by atoms with E-state index in [-0.39, 0.29) is 17.7 Å². The summed E-state index contributed by atoms with van der Waals surface area (Å²) in [6, 6.07) is 5.12. The lowest BCUT2D eigenvalue weighted by Gasteiger charge is -2.13. The number of halogens is 1. The smallest absolute Gasteiger partial charge is 0.236 e. The minimum Gasteiger partial charge on any atom is -0.506 e. The van der Waals surface area contributed by atoms with Crippen molar-refractivity contribution in [2.45, 2.75) is 19.5 Å². The van der Waals surface area contributed by atoms with Gasteiger partial charge in [0.05, 0.1) is 10.5 Å². The molecule has 0 aliphatic rings. The van der Waals surface area contributed by atoms with E-state index in [0.29, 0.717) is 11.0 Å². The van der Waals surface area contributed by atoms with Crippen LogP contribution in [0.4, 0.5) is 0 Å². The highest BCUT2D eigenvalue weighted by Crippen LogP contribution is 2.27. The molecule has 1 rings (SSSR count). The number of nitrogens with one attached hydrogen (secondary N) is 2. The van der Waals surface area contributed by atoms with E-state index < -0.39 is 0 Å². The molecule has 1 aromatic rings. The highest BCUT2D eigenvalue weighted by Gasteiger charge is 2.11. The molecular formula is C11H15BrN2O2. The summed E-state index contributed by atoms with van der Waals surface area (Å²) >= 11 is 3.24. The first-order valence-electron chi connectivity index (χ1n) is 4.97. The van der Waals surface area contributed by atoms with E-state index in [2.05, 4.69) is 26.6 Å². The molecule has 16 heavy (non-hydrogen) atoms. The zero-order valence-electron chi connectivity index (χ0n) is 9.25. The van der Waals surface area contributed by atoms with Gasteiger partial charge in [-0.3, -0.25) is 4.79 Å². The van der Waals surface area contributed by atoms with Crippen molar-refractivity contribution in [1.29, 1.82) is 0 Å². The van der Waals surface area contributed by atoms with Gasteiger partial charge in [0, 0.05) is 19.2 Å². The summed E-state index contributed by atoms with van der Waals surface area (Å²) < 4.78 is 0.652. The summed E-state index contributed by atoms with van der Waals surface area (Å²) in [6.07, 6.45) is 0. The molecule has 1 aromatic carbocycles. The first-order chi connectivity index (χ1) is 7.56. The van der Waals surface area contributed by atoms with Crippen LogP contribution in [0.5, 0.6) is 5.75 Å². The topological polar surface area (TPSA) is 61.4 Å². The van der Waals surface area contributed by atoms with Gasteiger partial charge in [-0.05, 0) is 28.9 Å². The summed E-state index contributed by atoms with van der Waals surface area (Å²) in [6.45, 7) is 2.22. The van der Waals surface area contributed by atoms with Crippen LogP contribution in [0.1, 0.15) is 12.5 Å². The van der Waals surface area contributed by atoms with E-state index in [4.69, 9.17) is 0 Å². The Morgan fingerprint density at radius 3 is 2.88 bits per heavy atom. The maximum absolute atomic E-state index is 11.2. The lowest BCUT2D eigenvalue weighted by atomic mass is 10.2. The van der Waals surface area contributed by atoms with Crippen molar-refractivity contribution >= 4 is 21.8 Å². The van der Waals surface area contributed by atoms with Crippen LogP contribution in [0.15, 0.2) is 22.7 Å². The van der Waals surface area contributed by atoms with Gasteiger partial charge in [-0.2, -0.15) is 0 Å². The van der Waals surface area contributed by atoms with Gasteiger partial charge in [0.1, 0.15) is 5.75 Å². The average Bonchev–Trinajstić information content (AvgIpc) is 2.29. The predicted molar refractivity (Wildman–Crippen MR) is 66.2 cm³/mol. The van der Waals surface area contributed by atoms with Crippen molar-refractivity contribution in [1.82, 2.24) is 10.6 Å². The van der Waals surface area contributed by atoms with E-state index in [1.54, 1.807) is 20.0 Å². The van der Waals surface area contributed by atoms with Crippen molar-refractivity contribution in [3.63, 3.8) is 0 Å². The van der Waals surface area contributed by atoms with Gasteiger partial charge in [0.25, 0.3) is 0 Å². The van der Waals surface area contributed by atoms with Crippen LogP contribution in [0.25, 0.3) is 0 Å². The van der Waals surface area contributed by atoms with Crippen LogP contribution in [0, 0.1) is 0 Å². The summed E-state index contributed by atoms with van der Waals surface area (Å²) in [5.74, 6) is 0.133. The molecule has 0 saturated carbocycles. The van der Waals surface area contributed by atoms with Crippen LogP contribution in [0.2, 0.25) is 0 Å². The lowest BCUT2D eigenvalue weighted by Crippen LogP contribution is -2.40. The number of phenols is 1. The van der Waals surface area contributed by atoms with Crippen molar-refractivity contribution < 1.29 is 9.90 Å². The molecule has 0 bridgehead atoms. The summed E-state index contributed by atoms with van der Waals surface area (Å²) in [5, 5.41) is 15.3. The van der Waals surface area contributed by atoms with Crippen molar-refractivity contribution in [3.05, 3.63) is 28.2 Å². The number of benzene rings is 1. The van der Waals surface area contributed by atoms with Gasteiger partial charge in [0.2, 0.25) is 5.91 Å². The van der Waals surface area contributed by atoms with Crippen molar-refractivity contribution in [2.24, 2.45) is 0 Å². The Balaban J connectivity index is 2.61. The van der Waals surface area contributed by atoms with E-state index in [9.17, 15) is 9.90 Å². The third-order valence-corrected chi connectivity index (χ3v) is 2.95. The molecule has 5 heteroatoms. The van der Waals surface area contributed by atoms with Crippen LogP contribution >= 0.6 is 15.9 Å². The first-order valence-corrected chi connectivity index (χ1v) is 5.77. The third kappa shape index (κ3) is 3.21. The molecule has 0 aromatic heterocycles. The Kier molecular flexibility index (Phi) is 4.76. The SMILES string of the molecule is CNC(=O)C(C)NCc1cccc(Br)c1O. The zero-order chi connectivity index (χ0) is 12.1. The lowest BCUT2D eigenvalue weighted by molar-refractivity contribution is -0.122. The molecule has 1 amide bonds. The Hall–Kier alpha value is -1.07. The molecule has 88 valence electrons. The summed E-state index contributed by atoms with van der Waals surface area (Å²) in [5.41, 5.74) is 0.755. The molecule has 0 saturated heterocycles. The number of phenolic OH excluding ortho intramolecular Hbond substituents is 1. The molecule has 0 heterocycles. The Morgan fingerprint density at radius 2 is 2.25 bits per heavy atom. The third-order valence-electron chi connectivity index (χ3n) is 2.31. The average molecular weight is 287 g/mol. The van der Waals surface area contributed by atoms with Gasteiger partial charge in [0.15, 0.2) is 0 Å². The second-order valence-electron chi connectivity index (χ2n) is 3.46. The van der Waals surface area contributed by atoms with Gasteiger partial charge in [-0.15, -0.1) is 0 Å². The summed E-state index contributed by atoms with van der Waals surface area (Å²) in [7, 11) is 1.59. The van der Waals surface area contributed by atoms with Gasteiger partial charge >= 0.3 is 0 Å². The minimum absolute atomic E-state index is 0.0745. The number of carbonyl (C=O) groups excluding carboxylic acids is 1. The zero-order valence-corrected chi connectivity index (χ0v) is 10.8. The largest absolute Gasteiger partial charge is 0.506 e. The van der Waals surface area contributed by atoms with Crippen LogP contribution in [0.3, 0.4) is 0 Å². The summed E-state index contributed by atoms with van der Waals surface area (Å²) in [4.78, 5) is 11.2. The number of para-hydroxylation sites is 1.